The quantitative estimate of drug-likeness (QED) is 0.323. The number of pyridine rings is 1. The van der Waals surface area contributed by atoms with Gasteiger partial charge in [0, 0.05) is 58.6 Å². The van der Waals surface area contributed by atoms with Gasteiger partial charge in [-0.3, -0.25) is 4.99 Å². The fourth-order valence-corrected chi connectivity index (χ4v) is 4.04. The molecule has 0 aliphatic carbocycles. The zero-order valence-electron chi connectivity index (χ0n) is 20.6. The van der Waals surface area contributed by atoms with E-state index in [9.17, 15) is 4.79 Å². The van der Waals surface area contributed by atoms with E-state index < -0.39 is 5.60 Å². The summed E-state index contributed by atoms with van der Waals surface area (Å²) in [7, 11) is 1.83. The number of fused-ring (bicyclic) bond motifs is 1. The summed E-state index contributed by atoms with van der Waals surface area (Å²) < 4.78 is 7.60. The van der Waals surface area contributed by atoms with E-state index in [1.54, 1.807) is 0 Å². The van der Waals surface area contributed by atoms with Gasteiger partial charge >= 0.3 is 6.09 Å². The number of likely N-dealkylation sites (tertiary alicyclic amines) is 1. The Balaban J connectivity index is 0.00000385. The lowest BCUT2D eigenvalue weighted by atomic mass is 9.96. The van der Waals surface area contributed by atoms with Crippen LogP contribution in [-0.2, 0) is 11.2 Å². The highest BCUT2D eigenvalue weighted by Gasteiger charge is 2.27. The maximum absolute atomic E-state index is 12.4. The minimum absolute atomic E-state index is 0. The van der Waals surface area contributed by atoms with Gasteiger partial charge in [0.1, 0.15) is 11.2 Å². The molecule has 0 aromatic carbocycles. The molecule has 2 aromatic heterocycles. The minimum atomic E-state index is -0.463. The van der Waals surface area contributed by atoms with E-state index >= 15 is 0 Å². The highest BCUT2D eigenvalue weighted by molar-refractivity contribution is 14.0. The average molecular weight is 571 g/mol. The fraction of sp³-hybridized carbons (Fsp3) is 0.625. The predicted molar refractivity (Wildman–Crippen MR) is 143 cm³/mol. The van der Waals surface area contributed by atoms with Crippen LogP contribution in [0.25, 0.3) is 5.65 Å². The third-order valence-electron chi connectivity index (χ3n) is 5.72. The van der Waals surface area contributed by atoms with E-state index in [-0.39, 0.29) is 30.1 Å². The van der Waals surface area contributed by atoms with Crippen LogP contribution in [-0.4, -0.2) is 76.6 Å². The highest BCUT2D eigenvalue weighted by Crippen LogP contribution is 2.20. The second kappa shape index (κ2) is 12.4. The number of aromatic nitrogens is 2. The summed E-state index contributed by atoms with van der Waals surface area (Å²) in [5.41, 5.74) is 1.58. The van der Waals surface area contributed by atoms with Crippen LogP contribution < -0.4 is 5.32 Å². The topological polar surface area (TPSA) is 74.5 Å². The van der Waals surface area contributed by atoms with Crippen molar-refractivity contribution in [1.29, 1.82) is 0 Å². The van der Waals surface area contributed by atoms with E-state index in [0.717, 1.165) is 62.7 Å². The van der Waals surface area contributed by atoms with E-state index in [4.69, 9.17) is 4.74 Å². The van der Waals surface area contributed by atoms with Crippen molar-refractivity contribution >= 4 is 41.7 Å². The summed E-state index contributed by atoms with van der Waals surface area (Å²) in [5.74, 6) is 1.42. The number of hydrogen-bond acceptors (Lipinski definition) is 4. The van der Waals surface area contributed by atoms with Gasteiger partial charge in [0.2, 0.25) is 0 Å². The number of piperidine rings is 1. The Labute approximate surface area is 214 Å². The third-order valence-corrected chi connectivity index (χ3v) is 5.72. The smallest absolute Gasteiger partial charge is 0.410 e. The molecule has 1 amide bonds. The number of aliphatic imine (C=N–C) groups is 1. The molecule has 0 radical (unpaired) electrons. The molecular formula is C24H39IN6O2. The Hall–Kier alpha value is -2.04. The zero-order valence-corrected chi connectivity index (χ0v) is 22.9. The second-order valence-corrected chi connectivity index (χ2v) is 9.37. The van der Waals surface area contributed by atoms with Crippen molar-refractivity contribution in [3.8, 4) is 0 Å². The zero-order chi connectivity index (χ0) is 23.1. The standard InChI is InChI=1S/C24H38N6O2.HI/c1-6-28(23(31)32-24(2,3)4)17-19-11-15-29(16-12-19)22(25-5)26-13-10-20-18-30-14-8-7-9-21(30)27-20;/h7-9,14,18-19H,6,10-13,15-17H2,1-5H3,(H,25,26);1H. The van der Waals surface area contributed by atoms with Gasteiger partial charge in [-0.2, -0.15) is 0 Å². The number of carbonyl (C=O) groups excluding carboxylic acids is 1. The molecule has 1 aliphatic heterocycles. The molecule has 1 fully saturated rings. The molecule has 9 heteroatoms. The summed E-state index contributed by atoms with van der Waals surface area (Å²) >= 11 is 0. The van der Waals surface area contributed by atoms with Crippen LogP contribution in [0.5, 0.6) is 0 Å². The lowest BCUT2D eigenvalue weighted by Crippen LogP contribution is -2.48. The fourth-order valence-electron chi connectivity index (χ4n) is 4.04. The van der Waals surface area contributed by atoms with Crippen molar-refractivity contribution in [3.63, 3.8) is 0 Å². The number of hydrogen-bond donors (Lipinski definition) is 1. The van der Waals surface area contributed by atoms with Crippen molar-refractivity contribution < 1.29 is 9.53 Å². The third kappa shape index (κ3) is 8.04. The number of carbonyl (C=O) groups is 1. The molecule has 0 saturated carbocycles. The number of amides is 1. The monoisotopic (exact) mass is 570 g/mol. The predicted octanol–water partition coefficient (Wildman–Crippen LogP) is 4.04. The van der Waals surface area contributed by atoms with Crippen LogP contribution >= 0.6 is 24.0 Å². The van der Waals surface area contributed by atoms with Gasteiger partial charge in [-0.05, 0) is 58.6 Å². The van der Waals surface area contributed by atoms with Gasteiger partial charge in [0.15, 0.2) is 5.96 Å². The first-order valence-corrected chi connectivity index (χ1v) is 11.6. The maximum Gasteiger partial charge on any atom is 0.410 e. The Morgan fingerprint density at radius 3 is 2.64 bits per heavy atom. The number of guanidine groups is 1. The first-order valence-electron chi connectivity index (χ1n) is 11.6. The molecular weight excluding hydrogens is 531 g/mol. The molecule has 33 heavy (non-hydrogen) atoms. The van der Waals surface area contributed by atoms with Gasteiger partial charge in [-0.15, -0.1) is 24.0 Å². The van der Waals surface area contributed by atoms with E-state index in [2.05, 4.69) is 26.4 Å². The molecule has 8 nitrogen and oxygen atoms in total. The summed E-state index contributed by atoms with van der Waals surface area (Å²) in [6.07, 6.45) is 6.80. The Bertz CT molecular complexity index is 882. The van der Waals surface area contributed by atoms with Crippen LogP contribution in [0.1, 0.15) is 46.2 Å². The second-order valence-electron chi connectivity index (χ2n) is 9.37. The lowest BCUT2D eigenvalue weighted by Gasteiger charge is -2.36. The molecule has 0 atom stereocenters. The number of imidazole rings is 1. The van der Waals surface area contributed by atoms with E-state index in [1.807, 2.05) is 68.4 Å². The molecule has 1 saturated heterocycles. The average Bonchev–Trinajstić information content (AvgIpc) is 3.17. The highest BCUT2D eigenvalue weighted by atomic mass is 127. The largest absolute Gasteiger partial charge is 0.444 e. The summed E-state index contributed by atoms with van der Waals surface area (Å²) in [6.45, 7) is 11.8. The van der Waals surface area contributed by atoms with Crippen molar-refractivity contribution in [3.05, 3.63) is 36.3 Å². The van der Waals surface area contributed by atoms with Crippen LogP contribution in [0, 0.1) is 5.92 Å². The molecule has 3 heterocycles. The molecule has 3 rings (SSSR count). The van der Waals surface area contributed by atoms with Gasteiger partial charge in [0.25, 0.3) is 0 Å². The lowest BCUT2D eigenvalue weighted by molar-refractivity contribution is 0.0214. The molecule has 0 spiro atoms. The van der Waals surface area contributed by atoms with Gasteiger partial charge in [0.05, 0.1) is 5.69 Å². The first kappa shape index (κ1) is 27.2. The van der Waals surface area contributed by atoms with E-state index in [0.29, 0.717) is 12.5 Å². The first-order chi connectivity index (χ1) is 15.3. The van der Waals surface area contributed by atoms with Crippen LogP contribution in [0.4, 0.5) is 4.79 Å². The van der Waals surface area contributed by atoms with Gasteiger partial charge in [-0.25, -0.2) is 9.78 Å². The Morgan fingerprint density at radius 2 is 2.03 bits per heavy atom. The van der Waals surface area contributed by atoms with Crippen molar-refractivity contribution in [1.82, 2.24) is 24.5 Å². The minimum Gasteiger partial charge on any atom is -0.444 e. The molecule has 0 bridgehead atoms. The van der Waals surface area contributed by atoms with Crippen LogP contribution in [0.3, 0.4) is 0 Å². The number of rotatable bonds is 6. The normalized spacial score (nSPS) is 15.3. The number of nitrogens with zero attached hydrogens (tertiary/aromatic N) is 5. The molecule has 0 unspecified atom stereocenters. The van der Waals surface area contributed by atoms with Crippen molar-refractivity contribution in [2.24, 2.45) is 10.9 Å². The number of halogens is 1. The van der Waals surface area contributed by atoms with Crippen LogP contribution in [0.2, 0.25) is 0 Å². The summed E-state index contributed by atoms with van der Waals surface area (Å²) in [4.78, 5) is 25.7. The summed E-state index contributed by atoms with van der Waals surface area (Å²) in [5, 5.41) is 3.48. The SMILES string of the molecule is CCN(CC1CCN(C(=NC)NCCc2cn3ccccc3n2)CC1)C(=O)OC(C)(C)C.I. The molecule has 184 valence electrons. The number of nitrogens with one attached hydrogen (secondary N) is 1. The van der Waals surface area contributed by atoms with Crippen LogP contribution in [0.15, 0.2) is 35.6 Å². The van der Waals surface area contributed by atoms with Gasteiger partial charge in [-0.1, -0.05) is 6.07 Å². The molecule has 1 N–H and O–H groups in total. The molecule has 2 aromatic rings. The molecule has 1 aliphatic rings. The van der Waals surface area contributed by atoms with Crippen molar-refractivity contribution in [2.75, 3.05) is 39.8 Å². The Morgan fingerprint density at radius 1 is 1.30 bits per heavy atom. The summed E-state index contributed by atoms with van der Waals surface area (Å²) in [6, 6.07) is 6.03. The Kier molecular flexibility index (Phi) is 10.2. The number of ether oxygens (including phenoxy) is 1. The van der Waals surface area contributed by atoms with E-state index in [1.165, 1.54) is 0 Å². The van der Waals surface area contributed by atoms with Crippen molar-refractivity contribution in [2.45, 2.75) is 52.6 Å². The van der Waals surface area contributed by atoms with Gasteiger partial charge < -0.3 is 24.3 Å². The maximum atomic E-state index is 12.4.